The molecule has 2 atom stereocenters. The highest BCUT2D eigenvalue weighted by molar-refractivity contribution is 7.89. The van der Waals surface area contributed by atoms with E-state index < -0.39 is 10.0 Å². The molecule has 0 amide bonds. The van der Waals surface area contributed by atoms with Crippen molar-refractivity contribution < 1.29 is 13.2 Å². The SMILES string of the molecule is CCNc1ccc(S(=O)(=O)N2CC(C)OCC2C)cc1. The Kier molecular flexibility index (Phi) is 4.67. The van der Waals surface area contributed by atoms with Gasteiger partial charge in [-0.3, -0.25) is 0 Å². The lowest BCUT2D eigenvalue weighted by molar-refractivity contribution is -0.0170. The normalized spacial score (nSPS) is 24.6. The molecule has 1 aromatic carbocycles. The van der Waals surface area contributed by atoms with Crippen molar-refractivity contribution in [2.45, 2.75) is 37.8 Å². The van der Waals surface area contributed by atoms with Crippen molar-refractivity contribution in [1.82, 2.24) is 4.31 Å². The molecular weight excluding hydrogens is 276 g/mol. The zero-order valence-corrected chi connectivity index (χ0v) is 13.0. The molecule has 1 N–H and O–H groups in total. The number of hydrogen-bond donors (Lipinski definition) is 1. The minimum atomic E-state index is -3.45. The number of morpholine rings is 1. The van der Waals surface area contributed by atoms with Gasteiger partial charge in [-0.2, -0.15) is 4.31 Å². The van der Waals surface area contributed by atoms with Gasteiger partial charge in [0.2, 0.25) is 10.0 Å². The molecule has 0 bridgehead atoms. The maximum Gasteiger partial charge on any atom is 0.243 e. The molecule has 1 aliphatic rings. The molecule has 1 aliphatic heterocycles. The van der Waals surface area contributed by atoms with E-state index in [0.717, 1.165) is 12.2 Å². The predicted molar refractivity (Wildman–Crippen MR) is 79.4 cm³/mol. The van der Waals surface area contributed by atoms with E-state index in [1.807, 2.05) is 20.8 Å². The van der Waals surface area contributed by atoms with Crippen LogP contribution < -0.4 is 5.32 Å². The van der Waals surface area contributed by atoms with Gasteiger partial charge in [0.1, 0.15) is 0 Å². The number of hydrogen-bond acceptors (Lipinski definition) is 4. The van der Waals surface area contributed by atoms with E-state index in [1.54, 1.807) is 24.3 Å². The Morgan fingerprint density at radius 3 is 2.55 bits per heavy atom. The first kappa shape index (κ1) is 15.3. The lowest BCUT2D eigenvalue weighted by atomic mass is 10.2. The van der Waals surface area contributed by atoms with Crippen molar-refractivity contribution in [3.63, 3.8) is 0 Å². The third-order valence-corrected chi connectivity index (χ3v) is 5.39. The summed E-state index contributed by atoms with van der Waals surface area (Å²) in [6.45, 7) is 7.42. The second-order valence-electron chi connectivity index (χ2n) is 5.12. The maximum absolute atomic E-state index is 12.7. The predicted octanol–water partition coefficient (Wildman–Crippen LogP) is 1.92. The number of rotatable bonds is 4. The van der Waals surface area contributed by atoms with E-state index >= 15 is 0 Å². The Bertz CT molecular complexity index is 542. The Balaban J connectivity index is 2.24. The molecule has 5 nitrogen and oxygen atoms in total. The first-order chi connectivity index (χ1) is 9.45. The van der Waals surface area contributed by atoms with Crippen LogP contribution in [0.1, 0.15) is 20.8 Å². The topological polar surface area (TPSA) is 58.6 Å². The maximum atomic E-state index is 12.7. The Morgan fingerprint density at radius 2 is 1.95 bits per heavy atom. The van der Waals surface area contributed by atoms with Gasteiger partial charge in [-0.05, 0) is 45.0 Å². The average molecular weight is 298 g/mol. The first-order valence-electron chi connectivity index (χ1n) is 6.92. The van der Waals surface area contributed by atoms with E-state index in [-0.39, 0.29) is 12.1 Å². The number of nitrogens with one attached hydrogen (secondary N) is 1. The highest BCUT2D eigenvalue weighted by atomic mass is 32.2. The van der Waals surface area contributed by atoms with Crippen molar-refractivity contribution in [3.05, 3.63) is 24.3 Å². The van der Waals surface area contributed by atoms with Gasteiger partial charge in [-0.15, -0.1) is 0 Å². The number of nitrogens with zero attached hydrogens (tertiary/aromatic N) is 1. The number of benzene rings is 1. The van der Waals surface area contributed by atoms with Crippen LogP contribution in [0.25, 0.3) is 0 Å². The monoisotopic (exact) mass is 298 g/mol. The van der Waals surface area contributed by atoms with E-state index in [4.69, 9.17) is 4.74 Å². The molecule has 0 aliphatic carbocycles. The van der Waals surface area contributed by atoms with Crippen molar-refractivity contribution in [3.8, 4) is 0 Å². The van der Waals surface area contributed by atoms with Gasteiger partial charge >= 0.3 is 0 Å². The minimum absolute atomic E-state index is 0.0676. The summed E-state index contributed by atoms with van der Waals surface area (Å²) in [5.41, 5.74) is 0.926. The second-order valence-corrected chi connectivity index (χ2v) is 7.01. The number of sulfonamides is 1. The van der Waals surface area contributed by atoms with Crippen LogP contribution in [0.2, 0.25) is 0 Å². The van der Waals surface area contributed by atoms with E-state index in [9.17, 15) is 8.42 Å². The first-order valence-corrected chi connectivity index (χ1v) is 8.36. The largest absolute Gasteiger partial charge is 0.385 e. The lowest BCUT2D eigenvalue weighted by Gasteiger charge is -2.35. The van der Waals surface area contributed by atoms with E-state index in [1.165, 1.54) is 4.31 Å². The van der Waals surface area contributed by atoms with Gasteiger partial charge < -0.3 is 10.1 Å². The zero-order valence-electron chi connectivity index (χ0n) is 12.2. The molecule has 1 heterocycles. The quantitative estimate of drug-likeness (QED) is 0.922. The Hall–Kier alpha value is -1.11. The summed E-state index contributed by atoms with van der Waals surface area (Å²) < 4.78 is 32.3. The minimum Gasteiger partial charge on any atom is -0.385 e. The molecule has 1 fully saturated rings. The molecule has 20 heavy (non-hydrogen) atoms. The molecular formula is C14H22N2O3S. The van der Waals surface area contributed by atoms with Crippen LogP contribution in [0, 0.1) is 0 Å². The standard InChI is InChI=1S/C14H22N2O3S/c1-4-15-13-5-7-14(8-6-13)20(17,18)16-9-12(3)19-10-11(16)2/h5-8,11-12,15H,4,9-10H2,1-3H3. The summed E-state index contributed by atoms with van der Waals surface area (Å²) in [5, 5.41) is 3.15. The molecule has 0 saturated carbocycles. The van der Waals surface area contributed by atoms with E-state index in [2.05, 4.69) is 5.32 Å². The molecule has 1 saturated heterocycles. The summed E-state index contributed by atoms with van der Waals surface area (Å²) in [5.74, 6) is 0. The van der Waals surface area contributed by atoms with E-state index in [0.29, 0.717) is 18.0 Å². The van der Waals surface area contributed by atoms with Crippen LogP contribution in [0.4, 0.5) is 5.69 Å². The fourth-order valence-corrected chi connectivity index (χ4v) is 3.98. The summed E-state index contributed by atoms with van der Waals surface area (Å²) in [6.07, 6.45) is -0.0676. The van der Waals surface area contributed by atoms with Crippen LogP contribution in [0.5, 0.6) is 0 Å². The van der Waals surface area contributed by atoms with Crippen LogP contribution in [0.3, 0.4) is 0 Å². The van der Waals surface area contributed by atoms with Gasteiger partial charge in [-0.25, -0.2) is 8.42 Å². The zero-order chi connectivity index (χ0) is 14.8. The van der Waals surface area contributed by atoms with Gasteiger partial charge in [-0.1, -0.05) is 0 Å². The fourth-order valence-electron chi connectivity index (χ4n) is 2.29. The van der Waals surface area contributed by atoms with Crippen molar-refractivity contribution >= 4 is 15.7 Å². The van der Waals surface area contributed by atoms with Crippen LogP contribution >= 0.6 is 0 Å². The van der Waals surface area contributed by atoms with Gasteiger partial charge in [0.15, 0.2) is 0 Å². The molecule has 1 aromatic rings. The highest BCUT2D eigenvalue weighted by Crippen LogP contribution is 2.23. The fraction of sp³-hybridized carbons (Fsp3) is 0.571. The summed E-state index contributed by atoms with van der Waals surface area (Å²) in [6, 6.07) is 6.76. The third kappa shape index (κ3) is 3.13. The molecule has 2 unspecified atom stereocenters. The van der Waals surface area contributed by atoms with Crippen LogP contribution in [-0.2, 0) is 14.8 Å². The smallest absolute Gasteiger partial charge is 0.243 e. The molecule has 112 valence electrons. The van der Waals surface area contributed by atoms with Gasteiger partial charge in [0.05, 0.1) is 17.6 Å². The number of ether oxygens (including phenoxy) is 1. The van der Waals surface area contributed by atoms with Crippen molar-refractivity contribution in [1.29, 1.82) is 0 Å². The molecule has 0 aromatic heterocycles. The second kappa shape index (κ2) is 6.11. The summed E-state index contributed by atoms with van der Waals surface area (Å²) >= 11 is 0. The molecule has 2 rings (SSSR count). The Labute approximate surface area is 121 Å². The van der Waals surface area contributed by atoms with Crippen LogP contribution in [-0.4, -0.2) is 44.6 Å². The Morgan fingerprint density at radius 1 is 1.30 bits per heavy atom. The third-order valence-electron chi connectivity index (χ3n) is 3.39. The lowest BCUT2D eigenvalue weighted by Crippen LogP contribution is -2.50. The summed E-state index contributed by atoms with van der Waals surface area (Å²) in [4.78, 5) is 0.333. The van der Waals surface area contributed by atoms with Crippen molar-refractivity contribution in [2.24, 2.45) is 0 Å². The number of anilines is 1. The van der Waals surface area contributed by atoms with Gasteiger partial charge in [0.25, 0.3) is 0 Å². The van der Waals surface area contributed by atoms with Crippen LogP contribution in [0.15, 0.2) is 29.2 Å². The van der Waals surface area contributed by atoms with Crippen molar-refractivity contribution in [2.75, 3.05) is 25.0 Å². The average Bonchev–Trinajstić information content (AvgIpc) is 2.42. The summed E-state index contributed by atoms with van der Waals surface area (Å²) in [7, 11) is -3.45. The highest BCUT2D eigenvalue weighted by Gasteiger charge is 2.33. The molecule has 6 heteroatoms. The molecule has 0 radical (unpaired) electrons. The molecule has 0 spiro atoms. The van der Waals surface area contributed by atoms with Gasteiger partial charge in [0, 0.05) is 24.8 Å².